The topological polar surface area (TPSA) is 69.6 Å². The van der Waals surface area contributed by atoms with Gasteiger partial charge < -0.3 is 20.1 Å². The van der Waals surface area contributed by atoms with Crippen LogP contribution in [0.5, 0.6) is 0 Å². The summed E-state index contributed by atoms with van der Waals surface area (Å²) < 4.78 is 0. The summed E-state index contributed by atoms with van der Waals surface area (Å²) in [5.41, 5.74) is 2.14. The van der Waals surface area contributed by atoms with Gasteiger partial charge in [-0.3, -0.25) is 4.79 Å². The minimum atomic E-state index is -0.230. The minimum absolute atomic E-state index is 0.0378. The standard InChI is InChI=1S/C19H28N2O3/c1-20-19(24)7-4-17(14-23)16-2-5-18(6-3-16)21-11-8-15(9-12-21)10-13-22/h2-3,5-6,14-15,17,22H,4,7-13H2,1H3,(H,20,24). The van der Waals surface area contributed by atoms with E-state index >= 15 is 0 Å². The Balaban J connectivity index is 1.92. The van der Waals surface area contributed by atoms with Crippen molar-refractivity contribution >= 4 is 17.9 Å². The monoisotopic (exact) mass is 332 g/mol. The number of hydrogen-bond donors (Lipinski definition) is 2. The summed E-state index contributed by atoms with van der Waals surface area (Å²) >= 11 is 0. The predicted molar refractivity (Wildman–Crippen MR) is 95.2 cm³/mol. The van der Waals surface area contributed by atoms with E-state index in [1.165, 1.54) is 5.69 Å². The summed E-state index contributed by atoms with van der Waals surface area (Å²) in [5.74, 6) is 0.366. The van der Waals surface area contributed by atoms with Crippen molar-refractivity contribution in [1.29, 1.82) is 0 Å². The number of nitrogens with zero attached hydrogens (tertiary/aromatic N) is 1. The number of hydrogen-bond acceptors (Lipinski definition) is 4. The van der Waals surface area contributed by atoms with Crippen molar-refractivity contribution in [2.24, 2.45) is 5.92 Å². The van der Waals surface area contributed by atoms with E-state index in [4.69, 9.17) is 5.11 Å². The Labute approximate surface area is 144 Å². The van der Waals surface area contributed by atoms with E-state index < -0.39 is 0 Å². The summed E-state index contributed by atoms with van der Waals surface area (Å²) in [6.07, 6.45) is 4.96. The first-order chi connectivity index (χ1) is 11.7. The molecule has 1 aromatic rings. The molecule has 5 heteroatoms. The Hall–Kier alpha value is -1.88. The van der Waals surface area contributed by atoms with E-state index in [0.717, 1.165) is 44.2 Å². The van der Waals surface area contributed by atoms with Crippen LogP contribution in [0.25, 0.3) is 0 Å². The molecular formula is C19H28N2O3. The normalized spacial score (nSPS) is 16.7. The molecule has 0 radical (unpaired) electrons. The molecule has 2 N–H and O–H groups in total. The molecule has 1 heterocycles. The van der Waals surface area contributed by atoms with Crippen molar-refractivity contribution in [3.8, 4) is 0 Å². The van der Waals surface area contributed by atoms with Gasteiger partial charge in [-0.1, -0.05) is 12.1 Å². The number of carbonyl (C=O) groups is 2. The molecule has 5 nitrogen and oxygen atoms in total. The van der Waals surface area contributed by atoms with Crippen LogP contribution in [-0.2, 0) is 9.59 Å². The lowest BCUT2D eigenvalue weighted by Crippen LogP contribution is -2.33. The molecule has 0 spiro atoms. The highest BCUT2D eigenvalue weighted by molar-refractivity contribution is 5.76. The molecule has 132 valence electrons. The Kier molecular flexibility index (Phi) is 7.25. The molecule has 0 aliphatic carbocycles. The number of carbonyl (C=O) groups excluding carboxylic acids is 2. The molecule has 1 fully saturated rings. The number of piperidine rings is 1. The summed E-state index contributed by atoms with van der Waals surface area (Å²) in [5, 5.41) is 11.6. The molecule has 24 heavy (non-hydrogen) atoms. The molecule has 0 bridgehead atoms. The van der Waals surface area contributed by atoms with Crippen LogP contribution >= 0.6 is 0 Å². The minimum Gasteiger partial charge on any atom is -0.396 e. The molecule has 1 aliphatic heterocycles. The quantitative estimate of drug-likeness (QED) is 0.715. The number of aliphatic hydroxyl groups is 1. The number of rotatable bonds is 8. The maximum Gasteiger partial charge on any atom is 0.219 e. The third-order valence-corrected chi connectivity index (χ3v) is 4.96. The van der Waals surface area contributed by atoms with E-state index in [1.807, 2.05) is 12.1 Å². The first-order valence-corrected chi connectivity index (χ1v) is 8.79. The molecular weight excluding hydrogens is 304 g/mol. The lowest BCUT2D eigenvalue weighted by Gasteiger charge is -2.33. The van der Waals surface area contributed by atoms with Crippen LogP contribution in [-0.4, -0.2) is 44.0 Å². The number of benzene rings is 1. The van der Waals surface area contributed by atoms with Crippen molar-refractivity contribution in [3.63, 3.8) is 0 Å². The molecule has 1 aliphatic rings. The smallest absolute Gasteiger partial charge is 0.219 e. The van der Waals surface area contributed by atoms with Crippen molar-refractivity contribution in [1.82, 2.24) is 5.32 Å². The van der Waals surface area contributed by atoms with E-state index in [1.54, 1.807) is 7.05 Å². The van der Waals surface area contributed by atoms with Gasteiger partial charge in [-0.15, -0.1) is 0 Å². The zero-order valence-electron chi connectivity index (χ0n) is 14.4. The van der Waals surface area contributed by atoms with Gasteiger partial charge >= 0.3 is 0 Å². The summed E-state index contributed by atoms with van der Waals surface area (Å²) in [7, 11) is 1.61. The largest absolute Gasteiger partial charge is 0.396 e. The SMILES string of the molecule is CNC(=O)CCC(C=O)c1ccc(N2CCC(CCO)CC2)cc1. The summed E-state index contributed by atoms with van der Waals surface area (Å²) in [4.78, 5) is 25.0. The number of aliphatic hydroxyl groups excluding tert-OH is 1. The lowest BCUT2D eigenvalue weighted by atomic mass is 9.93. The van der Waals surface area contributed by atoms with Gasteiger partial charge in [-0.25, -0.2) is 0 Å². The maximum absolute atomic E-state index is 11.3. The van der Waals surface area contributed by atoms with Crippen LogP contribution in [0.2, 0.25) is 0 Å². The molecule has 0 aromatic heterocycles. The van der Waals surface area contributed by atoms with Gasteiger partial charge in [0.1, 0.15) is 6.29 Å². The average molecular weight is 332 g/mol. The van der Waals surface area contributed by atoms with Crippen LogP contribution in [0.3, 0.4) is 0 Å². The third kappa shape index (κ3) is 5.06. The third-order valence-electron chi connectivity index (χ3n) is 4.96. The Morgan fingerprint density at radius 3 is 2.54 bits per heavy atom. The number of nitrogens with one attached hydrogen (secondary N) is 1. The van der Waals surface area contributed by atoms with E-state index in [2.05, 4.69) is 22.3 Å². The van der Waals surface area contributed by atoms with Crippen LogP contribution in [0.4, 0.5) is 5.69 Å². The van der Waals surface area contributed by atoms with Gasteiger partial charge in [0.25, 0.3) is 0 Å². The zero-order valence-corrected chi connectivity index (χ0v) is 14.4. The van der Waals surface area contributed by atoms with Crippen molar-refractivity contribution in [2.45, 2.75) is 38.0 Å². The first-order valence-electron chi connectivity index (χ1n) is 8.79. The second kappa shape index (κ2) is 9.42. The van der Waals surface area contributed by atoms with Gasteiger partial charge in [0, 0.05) is 44.8 Å². The lowest BCUT2D eigenvalue weighted by molar-refractivity contribution is -0.120. The van der Waals surface area contributed by atoms with Crippen molar-refractivity contribution in [2.75, 3.05) is 31.6 Å². The second-order valence-electron chi connectivity index (χ2n) is 6.49. The molecule has 1 saturated heterocycles. The zero-order chi connectivity index (χ0) is 17.4. The van der Waals surface area contributed by atoms with Gasteiger partial charge in [-0.2, -0.15) is 0 Å². The average Bonchev–Trinajstić information content (AvgIpc) is 2.63. The Morgan fingerprint density at radius 2 is 2.00 bits per heavy atom. The molecule has 0 saturated carbocycles. The predicted octanol–water partition coefficient (Wildman–Crippen LogP) is 2.09. The van der Waals surface area contributed by atoms with Crippen LogP contribution in [0.15, 0.2) is 24.3 Å². The van der Waals surface area contributed by atoms with Gasteiger partial charge in [0.2, 0.25) is 5.91 Å². The molecule has 1 amide bonds. The summed E-state index contributed by atoms with van der Waals surface area (Å²) in [6, 6.07) is 8.13. The van der Waals surface area contributed by atoms with Crippen LogP contribution in [0.1, 0.15) is 43.6 Å². The summed E-state index contributed by atoms with van der Waals surface area (Å²) in [6.45, 7) is 2.30. The molecule has 1 aromatic carbocycles. The highest BCUT2D eigenvalue weighted by Gasteiger charge is 2.19. The van der Waals surface area contributed by atoms with Crippen molar-refractivity contribution < 1.29 is 14.7 Å². The highest BCUT2D eigenvalue weighted by Crippen LogP contribution is 2.27. The fourth-order valence-electron chi connectivity index (χ4n) is 3.32. The number of anilines is 1. The maximum atomic E-state index is 11.3. The van der Waals surface area contributed by atoms with Gasteiger partial charge in [0.05, 0.1) is 0 Å². The van der Waals surface area contributed by atoms with E-state index in [-0.39, 0.29) is 18.4 Å². The van der Waals surface area contributed by atoms with E-state index in [9.17, 15) is 9.59 Å². The molecule has 2 rings (SSSR count). The fraction of sp³-hybridized carbons (Fsp3) is 0.579. The van der Waals surface area contributed by atoms with Crippen LogP contribution in [0, 0.1) is 5.92 Å². The van der Waals surface area contributed by atoms with Gasteiger partial charge in [0.15, 0.2) is 0 Å². The highest BCUT2D eigenvalue weighted by atomic mass is 16.3. The first kappa shape index (κ1) is 18.5. The van der Waals surface area contributed by atoms with Gasteiger partial charge in [-0.05, 0) is 49.3 Å². The molecule has 1 atom stereocenters. The van der Waals surface area contributed by atoms with Crippen LogP contribution < -0.4 is 10.2 Å². The number of amides is 1. The number of aldehydes is 1. The Morgan fingerprint density at radius 1 is 1.33 bits per heavy atom. The second-order valence-corrected chi connectivity index (χ2v) is 6.49. The van der Waals surface area contributed by atoms with E-state index in [0.29, 0.717) is 18.8 Å². The Bertz CT molecular complexity index is 522. The fourth-order valence-corrected chi connectivity index (χ4v) is 3.32. The molecule has 1 unspecified atom stereocenters. The van der Waals surface area contributed by atoms with Crippen molar-refractivity contribution in [3.05, 3.63) is 29.8 Å².